The lowest BCUT2D eigenvalue weighted by atomic mass is 10.2. The Morgan fingerprint density at radius 3 is 3.06 bits per heavy atom. The summed E-state index contributed by atoms with van der Waals surface area (Å²) in [6.45, 7) is 1.58. The Hall–Kier alpha value is -0.640. The molecule has 1 aromatic carbocycles. The number of nitrogens with zero attached hydrogens (tertiary/aromatic N) is 1. The zero-order chi connectivity index (χ0) is 11.5. The zero-order valence-corrected chi connectivity index (χ0v) is 9.75. The molecule has 0 spiro atoms. The lowest BCUT2D eigenvalue weighted by molar-refractivity contribution is 0.152. The summed E-state index contributed by atoms with van der Waals surface area (Å²) in [6, 6.07) is 5.21. The van der Waals surface area contributed by atoms with Gasteiger partial charge in [0.25, 0.3) is 0 Å². The van der Waals surface area contributed by atoms with E-state index in [9.17, 15) is 9.50 Å². The summed E-state index contributed by atoms with van der Waals surface area (Å²) in [4.78, 5) is 2.11. The minimum Gasteiger partial charge on any atom is -0.395 e. The lowest BCUT2D eigenvalue weighted by Crippen LogP contribution is -2.31. The topological polar surface area (TPSA) is 23.5 Å². The van der Waals surface area contributed by atoms with Crippen molar-refractivity contribution in [2.75, 3.05) is 13.2 Å². The van der Waals surface area contributed by atoms with Gasteiger partial charge in [0.05, 0.1) is 11.6 Å². The van der Waals surface area contributed by atoms with Crippen LogP contribution in [-0.2, 0) is 6.54 Å². The molecule has 0 saturated carbocycles. The summed E-state index contributed by atoms with van der Waals surface area (Å²) in [5.41, 5.74) is 0.604. The fourth-order valence-corrected chi connectivity index (χ4v) is 2.39. The van der Waals surface area contributed by atoms with E-state index in [0.29, 0.717) is 12.1 Å². The van der Waals surface area contributed by atoms with Gasteiger partial charge in [-0.1, -0.05) is 23.7 Å². The van der Waals surface area contributed by atoms with Crippen molar-refractivity contribution < 1.29 is 9.50 Å². The van der Waals surface area contributed by atoms with E-state index in [1.54, 1.807) is 18.2 Å². The first kappa shape index (κ1) is 11.8. The van der Waals surface area contributed by atoms with Crippen molar-refractivity contribution in [2.24, 2.45) is 0 Å². The standard InChI is InChI=1S/C12H15ClFNO/c13-11-5-1-3-9(12(11)14)7-15-6-2-4-10(15)8-16/h1,3,5,10,16H,2,4,6-8H2/t10-/m1/s1. The highest BCUT2D eigenvalue weighted by Gasteiger charge is 2.24. The molecule has 0 radical (unpaired) electrons. The molecular weight excluding hydrogens is 229 g/mol. The van der Waals surface area contributed by atoms with Gasteiger partial charge < -0.3 is 5.11 Å². The molecule has 1 N–H and O–H groups in total. The zero-order valence-electron chi connectivity index (χ0n) is 9.00. The van der Waals surface area contributed by atoms with Crippen LogP contribution in [0.3, 0.4) is 0 Å². The van der Waals surface area contributed by atoms with E-state index in [1.807, 2.05) is 0 Å². The Labute approximate surface area is 99.6 Å². The van der Waals surface area contributed by atoms with E-state index in [1.165, 1.54) is 0 Å². The maximum absolute atomic E-state index is 13.7. The van der Waals surface area contributed by atoms with Gasteiger partial charge in [0.1, 0.15) is 5.82 Å². The Morgan fingerprint density at radius 1 is 1.50 bits per heavy atom. The van der Waals surface area contributed by atoms with Crippen molar-refractivity contribution in [3.05, 3.63) is 34.6 Å². The maximum atomic E-state index is 13.7. The molecule has 0 aromatic heterocycles. The average molecular weight is 244 g/mol. The number of likely N-dealkylation sites (tertiary alicyclic amines) is 1. The second-order valence-corrected chi connectivity index (χ2v) is 4.57. The number of hydrogen-bond acceptors (Lipinski definition) is 2. The third kappa shape index (κ3) is 2.37. The number of hydrogen-bond donors (Lipinski definition) is 1. The minimum atomic E-state index is -0.340. The highest BCUT2D eigenvalue weighted by molar-refractivity contribution is 6.30. The highest BCUT2D eigenvalue weighted by atomic mass is 35.5. The van der Waals surface area contributed by atoms with Crippen LogP contribution >= 0.6 is 11.6 Å². The minimum absolute atomic E-state index is 0.141. The quantitative estimate of drug-likeness (QED) is 0.882. The summed E-state index contributed by atoms with van der Waals surface area (Å²) < 4.78 is 13.7. The van der Waals surface area contributed by atoms with Crippen LogP contribution in [0.1, 0.15) is 18.4 Å². The van der Waals surface area contributed by atoms with Crippen LogP contribution in [0.25, 0.3) is 0 Å². The number of benzene rings is 1. The smallest absolute Gasteiger partial charge is 0.146 e. The molecule has 1 aromatic rings. The van der Waals surface area contributed by atoms with Crippen LogP contribution in [0.2, 0.25) is 5.02 Å². The fourth-order valence-electron chi connectivity index (χ4n) is 2.20. The van der Waals surface area contributed by atoms with Gasteiger partial charge in [-0.2, -0.15) is 0 Å². The van der Waals surface area contributed by atoms with Crippen LogP contribution in [0.5, 0.6) is 0 Å². The Bertz CT molecular complexity index is 372. The molecule has 1 aliphatic rings. The molecule has 1 aliphatic heterocycles. The first-order valence-corrected chi connectivity index (χ1v) is 5.88. The third-order valence-electron chi connectivity index (χ3n) is 3.11. The van der Waals surface area contributed by atoms with Crippen LogP contribution in [0, 0.1) is 5.82 Å². The van der Waals surface area contributed by atoms with Gasteiger partial charge in [0.2, 0.25) is 0 Å². The summed E-state index contributed by atoms with van der Waals surface area (Å²) in [5.74, 6) is -0.340. The molecule has 0 amide bonds. The van der Waals surface area contributed by atoms with Crippen molar-refractivity contribution in [3.8, 4) is 0 Å². The Morgan fingerprint density at radius 2 is 2.31 bits per heavy atom. The molecule has 2 nitrogen and oxygen atoms in total. The molecular formula is C12H15ClFNO. The van der Waals surface area contributed by atoms with E-state index in [-0.39, 0.29) is 23.5 Å². The molecule has 1 heterocycles. The molecule has 88 valence electrons. The summed E-state index contributed by atoms with van der Waals surface area (Å²) >= 11 is 5.73. The average Bonchev–Trinajstić information content (AvgIpc) is 2.72. The van der Waals surface area contributed by atoms with E-state index in [4.69, 9.17) is 11.6 Å². The highest BCUT2D eigenvalue weighted by Crippen LogP contribution is 2.23. The third-order valence-corrected chi connectivity index (χ3v) is 3.41. The summed E-state index contributed by atoms with van der Waals surface area (Å²) in [7, 11) is 0. The molecule has 1 fully saturated rings. The van der Waals surface area contributed by atoms with Gasteiger partial charge in [-0.25, -0.2) is 4.39 Å². The first-order valence-electron chi connectivity index (χ1n) is 5.50. The molecule has 1 atom stereocenters. The second-order valence-electron chi connectivity index (χ2n) is 4.16. The van der Waals surface area contributed by atoms with Crippen molar-refractivity contribution in [1.82, 2.24) is 4.90 Å². The molecule has 0 aliphatic carbocycles. The van der Waals surface area contributed by atoms with Gasteiger partial charge in [0.15, 0.2) is 0 Å². The largest absolute Gasteiger partial charge is 0.395 e. The van der Waals surface area contributed by atoms with E-state index < -0.39 is 0 Å². The van der Waals surface area contributed by atoms with Crippen molar-refractivity contribution in [1.29, 1.82) is 0 Å². The number of aliphatic hydroxyl groups is 1. The van der Waals surface area contributed by atoms with E-state index >= 15 is 0 Å². The second kappa shape index (κ2) is 5.13. The van der Waals surface area contributed by atoms with Crippen molar-refractivity contribution >= 4 is 11.6 Å². The van der Waals surface area contributed by atoms with E-state index in [2.05, 4.69) is 4.90 Å². The Kier molecular flexibility index (Phi) is 3.79. The van der Waals surface area contributed by atoms with Crippen LogP contribution < -0.4 is 0 Å². The van der Waals surface area contributed by atoms with Gasteiger partial charge in [-0.05, 0) is 25.5 Å². The van der Waals surface area contributed by atoms with Crippen molar-refractivity contribution in [2.45, 2.75) is 25.4 Å². The van der Waals surface area contributed by atoms with Crippen LogP contribution in [-0.4, -0.2) is 29.2 Å². The maximum Gasteiger partial charge on any atom is 0.146 e. The number of aliphatic hydroxyl groups excluding tert-OH is 1. The van der Waals surface area contributed by atoms with Gasteiger partial charge >= 0.3 is 0 Å². The number of halogens is 2. The normalized spacial score (nSPS) is 21.6. The fraction of sp³-hybridized carbons (Fsp3) is 0.500. The van der Waals surface area contributed by atoms with Gasteiger partial charge in [-0.3, -0.25) is 4.90 Å². The molecule has 0 unspecified atom stereocenters. The number of rotatable bonds is 3. The monoisotopic (exact) mass is 243 g/mol. The first-order chi connectivity index (χ1) is 7.72. The van der Waals surface area contributed by atoms with Crippen LogP contribution in [0.15, 0.2) is 18.2 Å². The predicted octanol–water partition coefficient (Wildman–Crippen LogP) is 2.44. The van der Waals surface area contributed by atoms with E-state index in [0.717, 1.165) is 19.4 Å². The summed E-state index contributed by atoms with van der Waals surface area (Å²) in [5, 5.41) is 9.34. The molecule has 16 heavy (non-hydrogen) atoms. The van der Waals surface area contributed by atoms with Gasteiger partial charge in [-0.15, -0.1) is 0 Å². The predicted molar refractivity (Wildman–Crippen MR) is 61.9 cm³/mol. The SMILES string of the molecule is OC[C@H]1CCCN1Cc1cccc(Cl)c1F. The molecule has 4 heteroatoms. The summed E-state index contributed by atoms with van der Waals surface area (Å²) in [6.07, 6.45) is 2.05. The molecule has 1 saturated heterocycles. The lowest BCUT2D eigenvalue weighted by Gasteiger charge is -2.22. The van der Waals surface area contributed by atoms with Gasteiger partial charge in [0, 0.05) is 18.2 Å². The molecule has 0 bridgehead atoms. The van der Waals surface area contributed by atoms with Crippen molar-refractivity contribution in [3.63, 3.8) is 0 Å². The van der Waals surface area contributed by atoms with Crippen LogP contribution in [0.4, 0.5) is 4.39 Å². The Balaban J connectivity index is 2.11. The molecule has 2 rings (SSSR count).